The van der Waals surface area contributed by atoms with Gasteiger partial charge in [0.05, 0.1) is 5.56 Å². The van der Waals surface area contributed by atoms with Crippen LogP contribution >= 0.6 is 11.3 Å². The fraction of sp³-hybridized carbons (Fsp3) is 0.308. The first kappa shape index (κ1) is 15.9. The van der Waals surface area contributed by atoms with Crippen molar-refractivity contribution in [2.75, 3.05) is 20.6 Å². The number of thiophene rings is 1. The summed E-state index contributed by atoms with van der Waals surface area (Å²) < 4.78 is 0. The number of rotatable bonds is 6. The summed E-state index contributed by atoms with van der Waals surface area (Å²) in [6, 6.07) is 1.63. The van der Waals surface area contributed by atoms with E-state index in [9.17, 15) is 14.4 Å². The van der Waals surface area contributed by atoms with E-state index in [1.54, 1.807) is 25.5 Å². The fourth-order valence-electron chi connectivity index (χ4n) is 1.42. The molecule has 2 amide bonds. The van der Waals surface area contributed by atoms with Crippen LogP contribution in [0.25, 0.3) is 6.08 Å². The van der Waals surface area contributed by atoms with Crippen LogP contribution in [0.3, 0.4) is 0 Å². The number of carboxylic acid groups (broad SMARTS) is 1. The molecule has 1 aromatic heterocycles. The maximum absolute atomic E-state index is 12.1. The Morgan fingerprint density at radius 1 is 1.45 bits per heavy atom. The molecule has 0 aliphatic heterocycles. The van der Waals surface area contributed by atoms with Crippen LogP contribution in [0.15, 0.2) is 17.5 Å². The van der Waals surface area contributed by atoms with Crippen molar-refractivity contribution in [3.63, 3.8) is 0 Å². The summed E-state index contributed by atoms with van der Waals surface area (Å²) >= 11 is 1.29. The maximum atomic E-state index is 12.1. The second-order valence-electron chi connectivity index (χ2n) is 4.06. The Labute approximate surface area is 120 Å². The molecular weight excluding hydrogens is 280 g/mol. The monoisotopic (exact) mass is 296 g/mol. The molecule has 0 aliphatic rings. The van der Waals surface area contributed by atoms with Crippen LogP contribution in [-0.4, -0.2) is 48.4 Å². The summed E-state index contributed by atoms with van der Waals surface area (Å²) in [6.07, 6.45) is 2.71. The molecular formula is C13H16N2O4S. The Kier molecular flexibility index (Phi) is 5.92. The van der Waals surface area contributed by atoms with Gasteiger partial charge in [0.1, 0.15) is 0 Å². The molecule has 1 heterocycles. The third-order valence-corrected chi connectivity index (χ3v) is 3.45. The van der Waals surface area contributed by atoms with Gasteiger partial charge < -0.3 is 15.3 Å². The van der Waals surface area contributed by atoms with Crippen LogP contribution in [0, 0.1) is 0 Å². The molecule has 7 heteroatoms. The van der Waals surface area contributed by atoms with Crippen LogP contribution in [0.2, 0.25) is 0 Å². The first-order chi connectivity index (χ1) is 9.43. The molecule has 108 valence electrons. The molecule has 2 N–H and O–H groups in total. The maximum Gasteiger partial charge on any atom is 0.328 e. The molecule has 6 nitrogen and oxygen atoms in total. The van der Waals surface area contributed by atoms with E-state index in [4.69, 9.17) is 5.11 Å². The molecule has 1 rings (SSSR count). The number of carbonyl (C=O) groups excluding carboxylic acids is 2. The summed E-state index contributed by atoms with van der Waals surface area (Å²) in [7, 11) is 3.17. The van der Waals surface area contributed by atoms with Crippen LogP contribution < -0.4 is 5.32 Å². The molecule has 0 fully saturated rings. The topological polar surface area (TPSA) is 86.7 Å². The lowest BCUT2D eigenvalue weighted by Gasteiger charge is -2.15. The second-order valence-corrected chi connectivity index (χ2v) is 5.00. The summed E-state index contributed by atoms with van der Waals surface area (Å²) in [5.74, 6) is -1.35. The minimum atomic E-state index is -1.03. The molecule has 20 heavy (non-hydrogen) atoms. The molecule has 1 aromatic rings. The van der Waals surface area contributed by atoms with Crippen molar-refractivity contribution >= 4 is 35.2 Å². The van der Waals surface area contributed by atoms with Crippen molar-refractivity contribution in [3.8, 4) is 0 Å². The summed E-state index contributed by atoms with van der Waals surface area (Å²) in [5, 5.41) is 12.7. The first-order valence-corrected chi connectivity index (χ1v) is 6.77. The third-order valence-electron chi connectivity index (χ3n) is 2.56. The highest BCUT2D eigenvalue weighted by Gasteiger charge is 2.14. The smallest absolute Gasteiger partial charge is 0.328 e. The summed E-state index contributed by atoms with van der Waals surface area (Å²) in [4.78, 5) is 35.7. The normalized spacial score (nSPS) is 10.5. The van der Waals surface area contributed by atoms with Crippen molar-refractivity contribution in [2.45, 2.75) is 6.42 Å². The molecule has 0 spiro atoms. The van der Waals surface area contributed by atoms with Gasteiger partial charge in [0.2, 0.25) is 5.91 Å². The first-order valence-electron chi connectivity index (χ1n) is 5.89. The van der Waals surface area contributed by atoms with E-state index in [1.165, 1.54) is 22.3 Å². The van der Waals surface area contributed by atoms with E-state index in [1.807, 2.05) is 0 Å². The quantitative estimate of drug-likeness (QED) is 0.768. The number of nitrogens with one attached hydrogen (secondary N) is 1. The van der Waals surface area contributed by atoms with E-state index in [2.05, 4.69) is 5.32 Å². The lowest BCUT2D eigenvalue weighted by Crippen LogP contribution is -2.31. The Bertz CT molecular complexity index is 536. The van der Waals surface area contributed by atoms with Crippen LogP contribution in [0.1, 0.15) is 21.7 Å². The van der Waals surface area contributed by atoms with Crippen LogP contribution in [0.4, 0.5) is 0 Å². The lowest BCUT2D eigenvalue weighted by atomic mass is 10.2. The number of carbonyl (C=O) groups is 3. The highest BCUT2D eigenvalue weighted by atomic mass is 32.1. The van der Waals surface area contributed by atoms with Gasteiger partial charge in [0.15, 0.2) is 0 Å². The third kappa shape index (κ3) is 4.85. The summed E-state index contributed by atoms with van der Waals surface area (Å²) in [6.45, 7) is 0.328. The van der Waals surface area contributed by atoms with E-state index in [-0.39, 0.29) is 18.2 Å². The Morgan fingerprint density at radius 3 is 2.75 bits per heavy atom. The van der Waals surface area contributed by atoms with Crippen molar-refractivity contribution in [1.29, 1.82) is 0 Å². The van der Waals surface area contributed by atoms with Crippen molar-refractivity contribution in [1.82, 2.24) is 10.2 Å². The molecule has 0 saturated carbocycles. The van der Waals surface area contributed by atoms with Gasteiger partial charge in [-0.15, -0.1) is 11.3 Å². The van der Waals surface area contributed by atoms with Gasteiger partial charge in [-0.25, -0.2) is 4.79 Å². The zero-order valence-electron chi connectivity index (χ0n) is 11.3. The number of hydrogen-bond donors (Lipinski definition) is 2. The predicted octanol–water partition coefficient (Wildman–Crippen LogP) is 1.05. The van der Waals surface area contributed by atoms with Crippen LogP contribution in [-0.2, 0) is 9.59 Å². The van der Waals surface area contributed by atoms with Gasteiger partial charge in [0.25, 0.3) is 5.91 Å². The van der Waals surface area contributed by atoms with Crippen LogP contribution in [0.5, 0.6) is 0 Å². The Morgan fingerprint density at radius 2 is 2.15 bits per heavy atom. The number of aliphatic carboxylic acids is 1. The molecule has 0 aromatic carbocycles. The summed E-state index contributed by atoms with van der Waals surface area (Å²) in [5.41, 5.74) is 0.486. The van der Waals surface area contributed by atoms with Gasteiger partial charge in [-0.3, -0.25) is 9.59 Å². The number of hydrogen-bond acceptors (Lipinski definition) is 4. The zero-order chi connectivity index (χ0) is 15.1. The standard InChI is InChI=1S/C13H16N2O4S/c1-14-11(16)5-6-15(2)13(19)9-7-10(20-8-9)3-4-12(17)18/h3-4,7-8H,5-6H2,1-2H3,(H,14,16)(H,17,18)/b4-3+. The molecule has 0 aliphatic carbocycles. The van der Waals surface area contributed by atoms with Gasteiger partial charge in [0, 0.05) is 43.4 Å². The SMILES string of the molecule is CNC(=O)CCN(C)C(=O)c1csc(/C=C/C(=O)O)c1. The molecule has 0 saturated heterocycles. The minimum Gasteiger partial charge on any atom is -0.478 e. The lowest BCUT2D eigenvalue weighted by molar-refractivity contribution is -0.131. The molecule has 0 unspecified atom stereocenters. The van der Waals surface area contributed by atoms with E-state index < -0.39 is 5.97 Å². The average molecular weight is 296 g/mol. The van der Waals surface area contributed by atoms with Gasteiger partial charge >= 0.3 is 5.97 Å². The van der Waals surface area contributed by atoms with E-state index in [0.717, 1.165) is 6.08 Å². The largest absolute Gasteiger partial charge is 0.478 e. The van der Waals surface area contributed by atoms with Crippen molar-refractivity contribution < 1.29 is 19.5 Å². The van der Waals surface area contributed by atoms with Crippen molar-refractivity contribution in [3.05, 3.63) is 28.0 Å². The van der Waals surface area contributed by atoms with E-state index >= 15 is 0 Å². The average Bonchev–Trinajstić information content (AvgIpc) is 2.89. The Balaban J connectivity index is 2.63. The van der Waals surface area contributed by atoms with E-state index in [0.29, 0.717) is 17.0 Å². The number of nitrogens with zero attached hydrogens (tertiary/aromatic N) is 1. The van der Waals surface area contributed by atoms with Gasteiger partial charge in [-0.1, -0.05) is 0 Å². The highest BCUT2D eigenvalue weighted by Crippen LogP contribution is 2.17. The molecule has 0 atom stereocenters. The minimum absolute atomic E-state index is 0.125. The Hall–Kier alpha value is -2.15. The number of amides is 2. The predicted molar refractivity (Wildman–Crippen MR) is 76.6 cm³/mol. The molecule has 0 radical (unpaired) electrons. The highest BCUT2D eigenvalue weighted by molar-refractivity contribution is 7.11. The zero-order valence-corrected chi connectivity index (χ0v) is 12.1. The van der Waals surface area contributed by atoms with Gasteiger partial charge in [-0.05, 0) is 12.1 Å². The fourth-order valence-corrected chi connectivity index (χ4v) is 2.20. The van der Waals surface area contributed by atoms with Gasteiger partial charge in [-0.2, -0.15) is 0 Å². The van der Waals surface area contributed by atoms with Crippen molar-refractivity contribution in [2.24, 2.45) is 0 Å². The molecule has 0 bridgehead atoms. The number of carboxylic acids is 1. The second kappa shape index (κ2) is 7.44.